The first-order valence-corrected chi connectivity index (χ1v) is 8.54. The van der Waals surface area contributed by atoms with Crippen molar-refractivity contribution in [2.24, 2.45) is 0 Å². The molecule has 0 heterocycles. The van der Waals surface area contributed by atoms with E-state index in [-0.39, 0.29) is 6.10 Å². The van der Waals surface area contributed by atoms with E-state index in [0.29, 0.717) is 5.11 Å². The van der Waals surface area contributed by atoms with Gasteiger partial charge < -0.3 is 20.1 Å². The lowest BCUT2D eigenvalue weighted by atomic mass is 10.3. The minimum absolute atomic E-state index is 0.270. The fourth-order valence-electron chi connectivity index (χ4n) is 2.00. The molecule has 0 saturated heterocycles. The number of ether oxygens (including phenoxy) is 2. The SMILES string of the molecule is CC(C)OCCCNC(=S)Nc1ccc(Oc2ccccc2)cc1. The molecule has 0 spiro atoms. The topological polar surface area (TPSA) is 42.5 Å². The summed E-state index contributed by atoms with van der Waals surface area (Å²) in [5, 5.41) is 6.93. The number of thiocarbonyl (C=S) groups is 1. The third-order valence-corrected chi connectivity index (χ3v) is 3.40. The Morgan fingerprint density at radius 3 is 2.33 bits per heavy atom. The number of anilines is 1. The van der Waals surface area contributed by atoms with Crippen molar-refractivity contribution < 1.29 is 9.47 Å². The number of benzene rings is 2. The molecule has 0 radical (unpaired) electrons. The Labute approximate surface area is 149 Å². The van der Waals surface area contributed by atoms with Crippen LogP contribution in [-0.2, 0) is 4.74 Å². The fraction of sp³-hybridized carbons (Fsp3) is 0.316. The van der Waals surface area contributed by atoms with Crippen molar-refractivity contribution in [1.82, 2.24) is 5.32 Å². The first kappa shape index (κ1) is 18.2. The molecule has 128 valence electrons. The zero-order valence-corrected chi connectivity index (χ0v) is 14.9. The van der Waals surface area contributed by atoms with Crippen LogP contribution in [0.3, 0.4) is 0 Å². The van der Waals surface area contributed by atoms with E-state index in [1.165, 1.54) is 0 Å². The summed E-state index contributed by atoms with van der Waals surface area (Å²) in [4.78, 5) is 0. The molecule has 0 aliphatic rings. The Hall–Kier alpha value is -2.11. The lowest BCUT2D eigenvalue weighted by Gasteiger charge is -2.12. The Morgan fingerprint density at radius 2 is 1.67 bits per heavy atom. The van der Waals surface area contributed by atoms with Crippen LogP contribution < -0.4 is 15.4 Å². The van der Waals surface area contributed by atoms with Gasteiger partial charge >= 0.3 is 0 Å². The molecule has 2 aromatic rings. The Morgan fingerprint density at radius 1 is 1.00 bits per heavy atom. The Balaban J connectivity index is 1.72. The highest BCUT2D eigenvalue weighted by atomic mass is 32.1. The molecule has 0 aromatic heterocycles. The van der Waals surface area contributed by atoms with E-state index in [1.54, 1.807) is 0 Å². The van der Waals surface area contributed by atoms with Crippen LogP contribution in [0, 0.1) is 0 Å². The lowest BCUT2D eigenvalue weighted by Crippen LogP contribution is -2.29. The smallest absolute Gasteiger partial charge is 0.170 e. The van der Waals surface area contributed by atoms with Gasteiger partial charge in [-0.1, -0.05) is 18.2 Å². The average molecular weight is 344 g/mol. The summed E-state index contributed by atoms with van der Waals surface area (Å²) in [7, 11) is 0. The standard InChI is InChI=1S/C19H24N2O2S/c1-15(2)22-14-6-13-20-19(24)21-16-9-11-18(12-10-16)23-17-7-4-3-5-8-17/h3-5,7-12,15H,6,13-14H2,1-2H3,(H2,20,21,24). The molecule has 0 aliphatic carbocycles. The van der Waals surface area contributed by atoms with Gasteiger partial charge in [-0.15, -0.1) is 0 Å². The molecule has 0 amide bonds. The van der Waals surface area contributed by atoms with Crippen molar-refractivity contribution in [1.29, 1.82) is 0 Å². The highest BCUT2D eigenvalue weighted by Crippen LogP contribution is 2.22. The van der Waals surface area contributed by atoms with Gasteiger partial charge in [-0.3, -0.25) is 0 Å². The van der Waals surface area contributed by atoms with Gasteiger partial charge in [0.1, 0.15) is 11.5 Å². The van der Waals surface area contributed by atoms with E-state index in [0.717, 1.165) is 36.8 Å². The highest BCUT2D eigenvalue weighted by Gasteiger charge is 2.00. The first-order chi connectivity index (χ1) is 11.6. The molecular weight excluding hydrogens is 320 g/mol. The molecule has 24 heavy (non-hydrogen) atoms. The van der Waals surface area contributed by atoms with Gasteiger partial charge in [0.25, 0.3) is 0 Å². The minimum atomic E-state index is 0.270. The van der Waals surface area contributed by atoms with E-state index >= 15 is 0 Å². The van der Waals surface area contributed by atoms with Crippen LogP contribution in [0.2, 0.25) is 0 Å². The second-order valence-corrected chi connectivity index (χ2v) is 6.00. The zero-order chi connectivity index (χ0) is 17.2. The fourth-order valence-corrected chi connectivity index (χ4v) is 2.22. The summed E-state index contributed by atoms with van der Waals surface area (Å²) < 4.78 is 11.2. The van der Waals surface area contributed by atoms with Crippen molar-refractivity contribution >= 4 is 23.0 Å². The van der Waals surface area contributed by atoms with Crippen molar-refractivity contribution in [3.05, 3.63) is 54.6 Å². The predicted octanol–water partition coefficient (Wildman–Crippen LogP) is 4.58. The first-order valence-electron chi connectivity index (χ1n) is 8.13. The normalized spacial score (nSPS) is 10.5. The van der Waals surface area contributed by atoms with Crippen molar-refractivity contribution in [2.75, 3.05) is 18.5 Å². The summed E-state index contributed by atoms with van der Waals surface area (Å²) >= 11 is 5.28. The summed E-state index contributed by atoms with van der Waals surface area (Å²) in [6.07, 6.45) is 1.19. The van der Waals surface area contributed by atoms with E-state index in [2.05, 4.69) is 10.6 Å². The molecule has 0 aliphatic heterocycles. The third-order valence-electron chi connectivity index (χ3n) is 3.15. The van der Waals surface area contributed by atoms with Crippen LogP contribution in [0.1, 0.15) is 20.3 Å². The van der Waals surface area contributed by atoms with Gasteiger partial charge in [0.05, 0.1) is 6.10 Å². The number of hydrogen-bond acceptors (Lipinski definition) is 3. The molecule has 0 fully saturated rings. The lowest BCUT2D eigenvalue weighted by molar-refractivity contribution is 0.0777. The van der Waals surface area contributed by atoms with E-state index in [1.807, 2.05) is 68.4 Å². The Bertz CT molecular complexity index is 615. The maximum absolute atomic E-state index is 5.76. The molecule has 2 aromatic carbocycles. The maximum atomic E-state index is 5.76. The third kappa shape index (κ3) is 6.98. The van der Waals surface area contributed by atoms with Crippen molar-refractivity contribution in [2.45, 2.75) is 26.4 Å². The van der Waals surface area contributed by atoms with Crippen LogP contribution in [0.15, 0.2) is 54.6 Å². The molecule has 0 atom stereocenters. The van der Waals surface area contributed by atoms with E-state index in [9.17, 15) is 0 Å². The summed E-state index contributed by atoms with van der Waals surface area (Å²) in [6, 6.07) is 17.4. The number of rotatable bonds is 8. The molecular formula is C19H24N2O2S. The van der Waals surface area contributed by atoms with Gasteiger partial charge in [0.15, 0.2) is 5.11 Å². The van der Waals surface area contributed by atoms with Crippen LogP contribution >= 0.6 is 12.2 Å². The molecule has 5 heteroatoms. The summed E-state index contributed by atoms with van der Waals surface area (Å²) in [5.41, 5.74) is 0.923. The van der Waals surface area contributed by atoms with Crippen molar-refractivity contribution in [3.63, 3.8) is 0 Å². The average Bonchev–Trinajstić information content (AvgIpc) is 2.57. The van der Waals surface area contributed by atoms with Gasteiger partial charge in [-0.25, -0.2) is 0 Å². The van der Waals surface area contributed by atoms with Crippen LogP contribution in [-0.4, -0.2) is 24.4 Å². The monoisotopic (exact) mass is 344 g/mol. The second-order valence-electron chi connectivity index (χ2n) is 5.59. The predicted molar refractivity (Wildman–Crippen MR) is 103 cm³/mol. The van der Waals surface area contributed by atoms with Gasteiger partial charge in [-0.2, -0.15) is 0 Å². The van der Waals surface area contributed by atoms with E-state index in [4.69, 9.17) is 21.7 Å². The molecule has 0 unspecified atom stereocenters. The quantitative estimate of drug-likeness (QED) is 0.542. The van der Waals surface area contributed by atoms with Crippen molar-refractivity contribution in [3.8, 4) is 11.5 Å². The van der Waals surface area contributed by atoms with Crippen LogP contribution in [0.25, 0.3) is 0 Å². The van der Waals surface area contributed by atoms with E-state index < -0.39 is 0 Å². The molecule has 4 nitrogen and oxygen atoms in total. The number of nitrogens with one attached hydrogen (secondary N) is 2. The zero-order valence-electron chi connectivity index (χ0n) is 14.1. The van der Waals surface area contributed by atoms with Crippen LogP contribution in [0.4, 0.5) is 5.69 Å². The molecule has 0 saturated carbocycles. The molecule has 2 rings (SSSR count). The largest absolute Gasteiger partial charge is 0.457 e. The molecule has 2 N–H and O–H groups in total. The summed E-state index contributed by atoms with van der Waals surface area (Å²) in [5.74, 6) is 1.61. The molecule has 0 bridgehead atoms. The van der Waals surface area contributed by atoms with Gasteiger partial charge in [-0.05, 0) is 68.9 Å². The van der Waals surface area contributed by atoms with Gasteiger partial charge in [0.2, 0.25) is 0 Å². The summed E-state index contributed by atoms with van der Waals surface area (Å²) in [6.45, 7) is 5.59. The van der Waals surface area contributed by atoms with Crippen LogP contribution in [0.5, 0.6) is 11.5 Å². The second kappa shape index (κ2) is 9.90. The minimum Gasteiger partial charge on any atom is -0.457 e. The Kier molecular flexibility index (Phi) is 7.52. The van der Waals surface area contributed by atoms with Gasteiger partial charge in [0, 0.05) is 18.8 Å². The maximum Gasteiger partial charge on any atom is 0.170 e. The number of hydrogen-bond donors (Lipinski definition) is 2. The number of para-hydroxylation sites is 1. The highest BCUT2D eigenvalue weighted by molar-refractivity contribution is 7.80.